The Morgan fingerprint density at radius 1 is 1.02 bits per heavy atom. The maximum Gasteiger partial charge on any atom is 0.410 e. The molecule has 11 nitrogen and oxygen atoms in total. The van der Waals surface area contributed by atoms with Crippen LogP contribution in [0.3, 0.4) is 0 Å². The van der Waals surface area contributed by atoms with Crippen LogP contribution in [-0.4, -0.2) is 78.6 Å². The van der Waals surface area contributed by atoms with Gasteiger partial charge in [-0.3, -0.25) is 4.79 Å². The van der Waals surface area contributed by atoms with E-state index in [0.29, 0.717) is 30.5 Å². The zero-order valence-electron chi connectivity index (χ0n) is 25.0. The molecule has 1 atom stereocenters. The molecule has 0 bridgehead atoms. The van der Waals surface area contributed by atoms with E-state index in [0.717, 1.165) is 33.3 Å². The average molecular weight is 582 g/mol. The molecule has 0 saturated carbocycles. The largest absolute Gasteiger partial charge is 0.480 e. The Morgan fingerprint density at radius 3 is 2.53 bits per heavy atom. The Balaban J connectivity index is 1.34. The second-order valence-corrected chi connectivity index (χ2v) is 11.7. The van der Waals surface area contributed by atoms with Crippen molar-refractivity contribution in [2.24, 2.45) is 0 Å². The maximum atomic E-state index is 13.9. The van der Waals surface area contributed by atoms with Crippen LogP contribution in [0.15, 0.2) is 60.8 Å². The first-order valence-corrected chi connectivity index (χ1v) is 14.3. The lowest BCUT2D eigenvalue weighted by Gasteiger charge is -2.41. The topological polar surface area (TPSA) is 118 Å². The Labute approximate surface area is 249 Å². The van der Waals surface area contributed by atoms with Crippen molar-refractivity contribution in [3.63, 3.8) is 0 Å². The summed E-state index contributed by atoms with van der Waals surface area (Å²) in [6, 6.07) is 17.1. The zero-order chi connectivity index (χ0) is 30.3. The highest BCUT2D eigenvalue weighted by Crippen LogP contribution is 2.33. The smallest absolute Gasteiger partial charge is 0.410 e. The van der Waals surface area contributed by atoms with Gasteiger partial charge in [-0.15, -0.1) is 0 Å². The van der Waals surface area contributed by atoms with Gasteiger partial charge in [0.15, 0.2) is 0 Å². The molecule has 1 aliphatic rings. The third kappa shape index (κ3) is 5.62. The first-order valence-electron chi connectivity index (χ1n) is 14.3. The van der Waals surface area contributed by atoms with Gasteiger partial charge in [0.25, 0.3) is 0 Å². The van der Waals surface area contributed by atoms with Crippen molar-refractivity contribution in [2.75, 3.05) is 26.7 Å². The molecule has 1 N–H and O–H groups in total. The number of pyridine rings is 1. The Bertz CT molecular complexity index is 1820. The van der Waals surface area contributed by atoms with Gasteiger partial charge < -0.3 is 28.8 Å². The molecule has 0 aliphatic carbocycles. The van der Waals surface area contributed by atoms with Crippen LogP contribution < -0.4 is 4.74 Å². The summed E-state index contributed by atoms with van der Waals surface area (Å²) < 4.78 is 13.2. The molecule has 0 radical (unpaired) electrons. The Hall–Kier alpha value is -4.93. The van der Waals surface area contributed by atoms with E-state index in [4.69, 9.17) is 14.5 Å². The second-order valence-electron chi connectivity index (χ2n) is 11.7. The number of piperazine rings is 1. The number of imidazole rings is 2. The van der Waals surface area contributed by atoms with E-state index < -0.39 is 17.7 Å². The summed E-state index contributed by atoms with van der Waals surface area (Å²) >= 11 is 0. The van der Waals surface area contributed by atoms with Crippen LogP contribution in [0.5, 0.6) is 5.88 Å². The highest BCUT2D eigenvalue weighted by molar-refractivity contribution is 5.85. The van der Waals surface area contributed by atoms with Crippen LogP contribution in [-0.2, 0) is 16.1 Å². The predicted octanol–water partition coefficient (Wildman–Crippen LogP) is 5.11. The summed E-state index contributed by atoms with van der Waals surface area (Å²) in [5, 5.41) is 0.961. The number of amides is 2. The standard InChI is InChI=1S/C32H35N7O4/c1-20-34-24-12-8-9-13-26(24)39(20)19-28(40)38-15-14-37(31(41)43-32(2,3)4)18-27(38)29-33-17-25(35-29)22-16-21-10-6-7-11-23(21)36-30(22)42-5/h6-13,16-17,27H,14-15,18-19H2,1-5H3,(H,33,35)/t27-/m0/s1. The molecule has 6 rings (SSSR count). The third-order valence-electron chi connectivity index (χ3n) is 7.57. The van der Waals surface area contributed by atoms with Gasteiger partial charge >= 0.3 is 6.09 Å². The number of methoxy groups -OCH3 is 1. The Kier molecular flexibility index (Phi) is 7.25. The molecular formula is C32H35N7O4. The average Bonchev–Trinajstić information content (AvgIpc) is 3.60. The molecule has 43 heavy (non-hydrogen) atoms. The van der Waals surface area contributed by atoms with Gasteiger partial charge in [-0.05, 0) is 52.0 Å². The van der Waals surface area contributed by atoms with Gasteiger partial charge in [-0.25, -0.2) is 19.7 Å². The summed E-state index contributed by atoms with van der Waals surface area (Å²) in [7, 11) is 1.58. The van der Waals surface area contributed by atoms with Crippen LogP contribution in [0.4, 0.5) is 4.79 Å². The first kappa shape index (κ1) is 28.2. The molecule has 3 aromatic heterocycles. The molecule has 1 aliphatic heterocycles. The number of benzene rings is 2. The molecular weight excluding hydrogens is 546 g/mol. The molecule has 4 heterocycles. The first-order chi connectivity index (χ1) is 20.6. The van der Waals surface area contributed by atoms with E-state index in [-0.39, 0.29) is 19.0 Å². The summed E-state index contributed by atoms with van der Waals surface area (Å²) in [4.78, 5) is 47.8. The Morgan fingerprint density at radius 2 is 1.77 bits per heavy atom. The van der Waals surface area contributed by atoms with E-state index in [1.165, 1.54) is 0 Å². The highest BCUT2D eigenvalue weighted by Gasteiger charge is 2.37. The number of aromatic amines is 1. The number of aryl methyl sites for hydroxylation is 1. The predicted molar refractivity (Wildman–Crippen MR) is 163 cm³/mol. The molecule has 2 aromatic carbocycles. The van der Waals surface area contributed by atoms with E-state index in [1.54, 1.807) is 23.1 Å². The number of hydrogen-bond acceptors (Lipinski definition) is 7. The van der Waals surface area contributed by atoms with Crippen LogP contribution >= 0.6 is 0 Å². The molecule has 0 spiro atoms. The van der Waals surface area contributed by atoms with Gasteiger partial charge in [0.05, 0.1) is 47.7 Å². The van der Waals surface area contributed by atoms with Crippen molar-refractivity contribution < 1.29 is 19.1 Å². The normalized spacial score (nSPS) is 15.7. The van der Waals surface area contributed by atoms with Crippen LogP contribution in [0.2, 0.25) is 0 Å². The number of rotatable bonds is 5. The van der Waals surface area contributed by atoms with Crippen molar-refractivity contribution in [2.45, 2.75) is 45.9 Å². The number of nitrogens with zero attached hydrogens (tertiary/aromatic N) is 6. The number of carbonyl (C=O) groups excluding carboxylic acids is 2. The maximum absolute atomic E-state index is 13.9. The van der Waals surface area contributed by atoms with Gasteiger partial charge in [0.1, 0.15) is 29.8 Å². The SMILES string of the molecule is COc1nc2ccccc2cc1-c1cnc([C@@H]2CN(C(=O)OC(C)(C)C)CCN2C(=O)Cn2c(C)nc3ccccc32)[nH]1. The van der Waals surface area contributed by atoms with E-state index in [1.807, 2.05) is 86.9 Å². The zero-order valence-corrected chi connectivity index (χ0v) is 25.0. The van der Waals surface area contributed by atoms with Crippen molar-refractivity contribution in [1.29, 1.82) is 0 Å². The monoisotopic (exact) mass is 581 g/mol. The van der Waals surface area contributed by atoms with Gasteiger partial charge in [0.2, 0.25) is 11.8 Å². The summed E-state index contributed by atoms with van der Waals surface area (Å²) in [6.45, 7) is 8.42. The highest BCUT2D eigenvalue weighted by atomic mass is 16.6. The number of aromatic nitrogens is 5. The van der Waals surface area contributed by atoms with Crippen LogP contribution in [0, 0.1) is 6.92 Å². The lowest BCUT2D eigenvalue weighted by atomic mass is 10.1. The van der Waals surface area contributed by atoms with Crippen molar-refractivity contribution in [3.8, 4) is 17.1 Å². The number of ether oxygens (including phenoxy) is 2. The minimum atomic E-state index is -0.642. The van der Waals surface area contributed by atoms with Crippen LogP contribution in [0.25, 0.3) is 33.2 Å². The summed E-state index contributed by atoms with van der Waals surface area (Å²) in [5.74, 6) is 1.68. The van der Waals surface area contributed by atoms with Crippen LogP contribution in [0.1, 0.15) is 38.5 Å². The number of fused-ring (bicyclic) bond motifs is 2. The molecule has 222 valence electrons. The molecule has 11 heteroatoms. The third-order valence-corrected chi connectivity index (χ3v) is 7.57. The number of H-pyrrole nitrogens is 1. The minimum Gasteiger partial charge on any atom is -0.480 e. The molecule has 5 aromatic rings. The summed E-state index contributed by atoms with van der Waals surface area (Å²) in [5.41, 5.74) is 3.36. The fraction of sp³-hybridized carbons (Fsp3) is 0.344. The fourth-order valence-corrected chi connectivity index (χ4v) is 5.52. The number of para-hydroxylation sites is 3. The fourth-order valence-electron chi connectivity index (χ4n) is 5.52. The number of carbonyl (C=O) groups is 2. The number of nitrogens with one attached hydrogen (secondary N) is 1. The van der Waals surface area contributed by atoms with E-state index in [2.05, 4.69) is 15.0 Å². The lowest BCUT2D eigenvalue weighted by molar-refractivity contribution is -0.137. The number of hydrogen-bond donors (Lipinski definition) is 1. The van der Waals surface area contributed by atoms with Gasteiger partial charge in [-0.1, -0.05) is 30.3 Å². The van der Waals surface area contributed by atoms with Gasteiger partial charge in [0, 0.05) is 18.5 Å². The second kappa shape index (κ2) is 11.0. The van der Waals surface area contributed by atoms with Crippen molar-refractivity contribution >= 4 is 33.9 Å². The van der Waals surface area contributed by atoms with E-state index >= 15 is 0 Å². The van der Waals surface area contributed by atoms with Crippen molar-refractivity contribution in [3.05, 3.63) is 72.4 Å². The van der Waals surface area contributed by atoms with Gasteiger partial charge in [-0.2, -0.15) is 0 Å². The molecule has 1 saturated heterocycles. The van der Waals surface area contributed by atoms with Crippen molar-refractivity contribution in [1.82, 2.24) is 34.3 Å². The van der Waals surface area contributed by atoms with E-state index in [9.17, 15) is 9.59 Å². The minimum absolute atomic E-state index is 0.0944. The quantitative estimate of drug-likeness (QED) is 0.306. The molecule has 2 amide bonds. The molecule has 1 fully saturated rings. The lowest BCUT2D eigenvalue weighted by Crippen LogP contribution is -2.54. The molecule has 0 unspecified atom stereocenters. The summed E-state index contributed by atoms with van der Waals surface area (Å²) in [6.07, 6.45) is 1.29.